The Labute approximate surface area is 199 Å². The van der Waals surface area contributed by atoms with Gasteiger partial charge in [-0.3, -0.25) is 9.89 Å². The lowest BCUT2D eigenvalue weighted by molar-refractivity contribution is -0.119. The van der Waals surface area contributed by atoms with E-state index in [-0.39, 0.29) is 11.8 Å². The molecule has 1 amide bonds. The summed E-state index contributed by atoms with van der Waals surface area (Å²) in [5, 5.41) is 14.2. The van der Waals surface area contributed by atoms with Crippen LogP contribution >= 0.6 is 11.8 Å². The molecule has 4 rings (SSSR count). The Bertz CT molecular complexity index is 1110. The number of H-pyrrole nitrogens is 1. The van der Waals surface area contributed by atoms with Crippen LogP contribution in [0.4, 0.5) is 23.1 Å². The summed E-state index contributed by atoms with van der Waals surface area (Å²) >= 11 is 1.49. The largest absolute Gasteiger partial charge is 0.360 e. The van der Waals surface area contributed by atoms with E-state index in [0.29, 0.717) is 5.16 Å². The van der Waals surface area contributed by atoms with E-state index in [4.69, 9.17) is 9.97 Å². The number of benzene rings is 1. The number of hydrogen-bond acceptors (Lipinski definition) is 7. The molecule has 3 aromatic rings. The first kappa shape index (κ1) is 23.1. The molecule has 33 heavy (non-hydrogen) atoms. The van der Waals surface area contributed by atoms with Gasteiger partial charge in [0.25, 0.3) is 0 Å². The molecule has 1 saturated carbocycles. The third kappa shape index (κ3) is 5.65. The molecule has 0 saturated heterocycles. The van der Waals surface area contributed by atoms with Crippen molar-refractivity contribution in [3.05, 3.63) is 41.6 Å². The lowest BCUT2D eigenvalue weighted by Crippen LogP contribution is -2.20. The van der Waals surface area contributed by atoms with E-state index in [9.17, 15) is 4.79 Å². The standard InChI is InChI=1S/C24H31N7OS/c1-5-31(4)22-16(3)21(26-20-14-15(2)29-30-20)27-24(28-22)33-19-12-10-18(11-13-19)25-23(32)17-8-6-7-9-17/h10-14,17H,5-9H2,1-4H3,(H,25,32)(H2,26,27,28,29,30). The van der Waals surface area contributed by atoms with Crippen LogP contribution in [0.3, 0.4) is 0 Å². The number of amides is 1. The van der Waals surface area contributed by atoms with Gasteiger partial charge in [-0.05, 0) is 69.6 Å². The first-order valence-electron chi connectivity index (χ1n) is 11.4. The summed E-state index contributed by atoms with van der Waals surface area (Å²) < 4.78 is 0. The fraction of sp³-hybridized carbons (Fsp3) is 0.417. The molecule has 0 atom stereocenters. The van der Waals surface area contributed by atoms with Crippen molar-refractivity contribution in [2.45, 2.75) is 56.5 Å². The minimum absolute atomic E-state index is 0.131. The van der Waals surface area contributed by atoms with Gasteiger partial charge in [-0.15, -0.1) is 0 Å². The van der Waals surface area contributed by atoms with Gasteiger partial charge in [-0.25, -0.2) is 9.97 Å². The molecule has 0 unspecified atom stereocenters. The molecule has 1 aliphatic carbocycles. The summed E-state index contributed by atoms with van der Waals surface area (Å²) in [6.45, 7) is 6.90. The van der Waals surface area contributed by atoms with E-state index in [1.54, 1.807) is 0 Å². The Hall–Kier alpha value is -3.07. The summed E-state index contributed by atoms with van der Waals surface area (Å²) in [6.07, 6.45) is 4.28. The Morgan fingerprint density at radius 3 is 2.55 bits per heavy atom. The van der Waals surface area contributed by atoms with E-state index in [1.807, 2.05) is 51.2 Å². The Morgan fingerprint density at radius 2 is 1.91 bits per heavy atom. The highest BCUT2D eigenvalue weighted by Crippen LogP contribution is 2.32. The molecule has 1 aliphatic rings. The van der Waals surface area contributed by atoms with Crippen LogP contribution in [-0.4, -0.2) is 39.7 Å². The van der Waals surface area contributed by atoms with Crippen molar-refractivity contribution in [3.63, 3.8) is 0 Å². The predicted octanol–water partition coefficient (Wildman–Crippen LogP) is 5.30. The first-order valence-corrected chi connectivity index (χ1v) is 12.2. The van der Waals surface area contributed by atoms with Crippen molar-refractivity contribution in [3.8, 4) is 0 Å². The molecule has 8 nitrogen and oxygen atoms in total. The summed E-state index contributed by atoms with van der Waals surface area (Å²) in [5.74, 6) is 2.61. The Kier molecular flexibility index (Phi) is 7.17. The lowest BCUT2D eigenvalue weighted by atomic mass is 10.1. The van der Waals surface area contributed by atoms with E-state index < -0.39 is 0 Å². The summed E-state index contributed by atoms with van der Waals surface area (Å²) in [6, 6.07) is 9.80. The van der Waals surface area contributed by atoms with Crippen LogP contribution in [0.5, 0.6) is 0 Å². The van der Waals surface area contributed by atoms with E-state index >= 15 is 0 Å². The van der Waals surface area contributed by atoms with Crippen LogP contribution in [0.1, 0.15) is 43.9 Å². The molecule has 2 aromatic heterocycles. The number of anilines is 4. The molecule has 0 aliphatic heterocycles. The molecule has 174 valence electrons. The van der Waals surface area contributed by atoms with Crippen molar-refractivity contribution in [1.29, 1.82) is 0 Å². The Balaban J connectivity index is 1.52. The van der Waals surface area contributed by atoms with Gasteiger partial charge >= 0.3 is 0 Å². The minimum atomic E-state index is 0.131. The molecule has 2 heterocycles. The summed E-state index contributed by atoms with van der Waals surface area (Å²) in [7, 11) is 2.02. The van der Waals surface area contributed by atoms with Crippen LogP contribution in [-0.2, 0) is 4.79 Å². The SMILES string of the molecule is CCN(C)c1nc(Sc2ccc(NC(=O)C3CCCC3)cc2)nc(Nc2cc(C)[nH]n2)c1C. The van der Waals surface area contributed by atoms with Crippen LogP contribution in [0.25, 0.3) is 0 Å². The number of aromatic nitrogens is 4. The quantitative estimate of drug-likeness (QED) is 0.388. The van der Waals surface area contributed by atoms with Crippen molar-refractivity contribution in [2.75, 3.05) is 29.1 Å². The minimum Gasteiger partial charge on any atom is -0.360 e. The molecule has 0 radical (unpaired) electrons. The molecule has 9 heteroatoms. The van der Waals surface area contributed by atoms with Crippen molar-refractivity contribution in [2.24, 2.45) is 5.92 Å². The second-order valence-corrected chi connectivity index (χ2v) is 9.52. The second-order valence-electron chi connectivity index (χ2n) is 8.48. The second kappa shape index (κ2) is 10.2. The maximum absolute atomic E-state index is 12.4. The monoisotopic (exact) mass is 465 g/mol. The maximum Gasteiger partial charge on any atom is 0.227 e. The molecule has 1 fully saturated rings. The van der Waals surface area contributed by atoms with Gasteiger partial charge in [0.2, 0.25) is 5.91 Å². The molecule has 0 spiro atoms. The zero-order valence-corrected chi connectivity index (χ0v) is 20.4. The molecular formula is C24H31N7OS. The summed E-state index contributed by atoms with van der Waals surface area (Å²) in [4.78, 5) is 25.1. The molecule has 0 bridgehead atoms. The topological polar surface area (TPSA) is 98.8 Å². The van der Waals surface area contributed by atoms with E-state index in [0.717, 1.165) is 71.5 Å². The third-order valence-electron chi connectivity index (χ3n) is 5.94. The summed E-state index contributed by atoms with van der Waals surface area (Å²) in [5.41, 5.74) is 2.77. The Morgan fingerprint density at radius 1 is 1.18 bits per heavy atom. The van der Waals surface area contributed by atoms with Crippen molar-refractivity contribution >= 4 is 40.8 Å². The average Bonchev–Trinajstić information content (AvgIpc) is 3.49. The third-order valence-corrected chi connectivity index (χ3v) is 6.82. The first-order chi connectivity index (χ1) is 15.9. The number of hydrogen-bond donors (Lipinski definition) is 3. The number of aromatic amines is 1. The van der Waals surface area contributed by atoms with Crippen molar-refractivity contribution in [1.82, 2.24) is 20.2 Å². The fourth-order valence-electron chi connectivity index (χ4n) is 3.92. The van der Waals surface area contributed by atoms with Crippen molar-refractivity contribution < 1.29 is 4.79 Å². The highest BCUT2D eigenvalue weighted by Gasteiger charge is 2.22. The maximum atomic E-state index is 12.4. The van der Waals surface area contributed by atoms with Crippen LogP contribution < -0.4 is 15.5 Å². The van der Waals surface area contributed by atoms with E-state index in [2.05, 4.69) is 32.7 Å². The van der Waals surface area contributed by atoms with Gasteiger partial charge in [0.1, 0.15) is 11.6 Å². The van der Waals surface area contributed by atoms with Gasteiger partial charge in [0.15, 0.2) is 11.0 Å². The number of nitrogens with zero attached hydrogens (tertiary/aromatic N) is 4. The van der Waals surface area contributed by atoms with Crippen LogP contribution in [0.15, 0.2) is 40.4 Å². The van der Waals surface area contributed by atoms with Gasteiger partial charge in [-0.2, -0.15) is 5.10 Å². The van der Waals surface area contributed by atoms with Gasteiger partial charge in [0, 0.05) is 47.4 Å². The molecular weight excluding hydrogens is 434 g/mol. The average molecular weight is 466 g/mol. The molecule has 3 N–H and O–H groups in total. The van der Waals surface area contributed by atoms with Crippen LogP contribution in [0, 0.1) is 19.8 Å². The van der Waals surface area contributed by atoms with Gasteiger partial charge in [-0.1, -0.05) is 12.8 Å². The highest BCUT2D eigenvalue weighted by atomic mass is 32.2. The number of nitrogens with one attached hydrogen (secondary N) is 3. The fourth-order valence-corrected chi connectivity index (χ4v) is 4.67. The lowest BCUT2D eigenvalue weighted by Gasteiger charge is -2.20. The number of carbonyl (C=O) groups is 1. The zero-order chi connectivity index (χ0) is 23.4. The number of rotatable bonds is 8. The predicted molar refractivity (Wildman–Crippen MR) is 133 cm³/mol. The number of aryl methyl sites for hydroxylation is 1. The smallest absolute Gasteiger partial charge is 0.227 e. The zero-order valence-electron chi connectivity index (χ0n) is 19.6. The molecule has 1 aromatic carbocycles. The normalized spacial score (nSPS) is 13.8. The van der Waals surface area contributed by atoms with Gasteiger partial charge < -0.3 is 15.5 Å². The van der Waals surface area contributed by atoms with Gasteiger partial charge in [0.05, 0.1) is 0 Å². The van der Waals surface area contributed by atoms with Crippen LogP contribution in [0.2, 0.25) is 0 Å². The highest BCUT2D eigenvalue weighted by molar-refractivity contribution is 7.99. The van der Waals surface area contributed by atoms with E-state index in [1.165, 1.54) is 11.8 Å². The number of carbonyl (C=O) groups excluding carboxylic acids is 1.